The SMILES string of the molecule is CC.CC.Cc1ccc(-c2ccc3cc(C)ccc3n2)cc1. The van der Waals surface area contributed by atoms with Crippen LogP contribution >= 0.6 is 0 Å². The van der Waals surface area contributed by atoms with Crippen LogP contribution < -0.4 is 0 Å². The molecule has 0 saturated heterocycles. The Bertz CT molecular complexity index is 697. The average molecular weight is 293 g/mol. The van der Waals surface area contributed by atoms with E-state index in [0.29, 0.717) is 0 Å². The number of aryl methyl sites for hydroxylation is 2. The van der Waals surface area contributed by atoms with Gasteiger partial charge >= 0.3 is 0 Å². The number of fused-ring (bicyclic) bond motifs is 1. The first-order chi connectivity index (χ1) is 10.7. The van der Waals surface area contributed by atoms with Gasteiger partial charge in [0, 0.05) is 10.9 Å². The van der Waals surface area contributed by atoms with E-state index >= 15 is 0 Å². The van der Waals surface area contributed by atoms with Crippen LogP contribution in [-0.2, 0) is 0 Å². The predicted molar refractivity (Wildman–Crippen MR) is 99.3 cm³/mol. The Hall–Kier alpha value is -2.15. The van der Waals surface area contributed by atoms with E-state index in [-0.39, 0.29) is 0 Å². The first kappa shape index (κ1) is 17.9. The van der Waals surface area contributed by atoms with E-state index in [1.54, 1.807) is 0 Å². The van der Waals surface area contributed by atoms with Gasteiger partial charge in [-0.15, -0.1) is 0 Å². The number of benzene rings is 2. The lowest BCUT2D eigenvalue weighted by atomic mass is 10.1. The fourth-order valence-electron chi connectivity index (χ4n) is 2.13. The number of nitrogens with zero attached hydrogens (tertiary/aromatic N) is 1. The fraction of sp³-hybridized carbons (Fsp3) is 0.286. The van der Waals surface area contributed by atoms with Crippen molar-refractivity contribution >= 4 is 10.9 Å². The van der Waals surface area contributed by atoms with Crippen molar-refractivity contribution in [2.75, 3.05) is 0 Å². The van der Waals surface area contributed by atoms with Gasteiger partial charge in [-0.2, -0.15) is 0 Å². The highest BCUT2D eigenvalue weighted by atomic mass is 14.7. The quantitative estimate of drug-likeness (QED) is 0.494. The largest absolute Gasteiger partial charge is 0.248 e. The number of hydrogen-bond acceptors (Lipinski definition) is 1. The highest BCUT2D eigenvalue weighted by Gasteiger charge is 2.01. The van der Waals surface area contributed by atoms with Gasteiger partial charge in [0.15, 0.2) is 0 Å². The van der Waals surface area contributed by atoms with E-state index in [2.05, 4.69) is 68.4 Å². The Kier molecular flexibility index (Phi) is 7.31. The van der Waals surface area contributed by atoms with Crippen LogP contribution in [-0.4, -0.2) is 4.98 Å². The van der Waals surface area contributed by atoms with Crippen LogP contribution in [0.25, 0.3) is 22.2 Å². The maximum atomic E-state index is 4.72. The van der Waals surface area contributed by atoms with Crippen molar-refractivity contribution < 1.29 is 0 Å². The molecule has 1 heteroatoms. The van der Waals surface area contributed by atoms with Gasteiger partial charge < -0.3 is 0 Å². The molecule has 0 aliphatic carbocycles. The van der Waals surface area contributed by atoms with Crippen LogP contribution in [0.5, 0.6) is 0 Å². The van der Waals surface area contributed by atoms with E-state index < -0.39 is 0 Å². The topological polar surface area (TPSA) is 12.9 Å². The van der Waals surface area contributed by atoms with Crippen molar-refractivity contribution in [1.82, 2.24) is 4.98 Å². The van der Waals surface area contributed by atoms with E-state index in [1.807, 2.05) is 27.7 Å². The first-order valence-electron chi connectivity index (χ1n) is 8.17. The fourth-order valence-corrected chi connectivity index (χ4v) is 2.13. The molecule has 1 nitrogen and oxygen atoms in total. The summed E-state index contributed by atoms with van der Waals surface area (Å²) in [6, 6.07) is 19.1. The Morgan fingerprint density at radius 2 is 1.23 bits per heavy atom. The molecule has 0 unspecified atom stereocenters. The van der Waals surface area contributed by atoms with Gasteiger partial charge in [-0.3, -0.25) is 0 Å². The van der Waals surface area contributed by atoms with Crippen molar-refractivity contribution in [3.63, 3.8) is 0 Å². The average Bonchev–Trinajstić information content (AvgIpc) is 2.59. The van der Waals surface area contributed by atoms with Crippen molar-refractivity contribution in [2.24, 2.45) is 0 Å². The smallest absolute Gasteiger partial charge is 0.0709 e. The third-order valence-corrected chi connectivity index (χ3v) is 3.19. The van der Waals surface area contributed by atoms with Crippen LogP contribution in [0.2, 0.25) is 0 Å². The lowest BCUT2D eigenvalue weighted by Gasteiger charge is -2.04. The van der Waals surface area contributed by atoms with Gasteiger partial charge in [-0.05, 0) is 32.0 Å². The highest BCUT2D eigenvalue weighted by Crippen LogP contribution is 2.21. The number of aromatic nitrogens is 1. The summed E-state index contributed by atoms with van der Waals surface area (Å²) in [5.41, 5.74) is 5.80. The highest BCUT2D eigenvalue weighted by molar-refractivity contribution is 5.82. The molecule has 0 fully saturated rings. The molecule has 0 aliphatic heterocycles. The van der Waals surface area contributed by atoms with Crippen LogP contribution in [0.3, 0.4) is 0 Å². The summed E-state index contributed by atoms with van der Waals surface area (Å²) in [6.45, 7) is 12.2. The molecule has 0 radical (unpaired) electrons. The molecule has 2 aromatic carbocycles. The standard InChI is InChI=1S/C17H15N.2C2H6/c1-12-3-6-14(7-4-12)16-10-8-15-11-13(2)5-9-17(15)18-16;2*1-2/h3-11H,1-2H3;2*1-2H3. The second kappa shape index (κ2) is 8.99. The zero-order valence-corrected chi connectivity index (χ0v) is 14.6. The molecule has 22 heavy (non-hydrogen) atoms. The number of pyridine rings is 1. The molecule has 0 bridgehead atoms. The van der Waals surface area contributed by atoms with Gasteiger partial charge in [-0.25, -0.2) is 4.98 Å². The lowest BCUT2D eigenvalue weighted by Crippen LogP contribution is -1.86. The van der Waals surface area contributed by atoms with E-state index in [0.717, 1.165) is 11.2 Å². The molecule has 3 rings (SSSR count). The molecule has 116 valence electrons. The van der Waals surface area contributed by atoms with Crippen LogP contribution in [0, 0.1) is 13.8 Å². The Morgan fingerprint density at radius 1 is 0.636 bits per heavy atom. The van der Waals surface area contributed by atoms with Crippen molar-refractivity contribution in [3.8, 4) is 11.3 Å². The minimum Gasteiger partial charge on any atom is -0.248 e. The van der Waals surface area contributed by atoms with Gasteiger partial charge in [0.2, 0.25) is 0 Å². The van der Waals surface area contributed by atoms with Gasteiger partial charge in [0.25, 0.3) is 0 Å². The summed E-state index contributed by atoms with van der Waals surface area (Å²) in [7, 11) is 0. The van der Waals surface area contributed by atoms with Crippen LogP contribution in [0.1, 0.15) is 38.8 Å². The molecule has 0 spiro atoms. The Balaban J connectivity index is 0.000000561. The molecule has 0 amide bonds. The molecule has 1 heterocycles. The molecule has 0 saturated carbocycles. The van der Waals surface area contributed by atoms with E-state index in [1.165, 1.54) is 22.1 Å². The van der Waals surface area contributed by atoms with Crippen molar-refractivity contribution in [2.45, 2.75) is 41.5 Å². The zero-order valence-electron chi connectivity index (χ0n) is 14.6. The molecule has 1 aromatic heterocycles. The molecule has 3 aromatic rings. The number of rotatable bonds is 1. The summed E-state index contributed by atoms with van der Waals surface area (Å²) >= 11 is 0. The second-order valence-corrected chi connectivity index (χ2v) is 4.76. The van der Waals surface area contributed by atoms with Gasteiger partial charge in [0.05, 0.1) is 11.2 Å². The van der Waals surface area contributed by atoms with E-state index in [4.69, 9.17) is 4.98 Å². The second-order valence-electron chi connectivity index (χ2n) is 4.76. The minimum atomic E-state index is 1.03. The maximum Gasteiger partial charge on any atom is 0.0709 e. The Morgan fingerprint density at radius 3 is 1.86 bits per heavy atom. The number of hydrogen-bond donors (Lipinski definition) is 0. The van der Waals surface area contributed by atoms with Gasteiger partial charge in [0.1, 0.15) is 0 Å². The summed E-state index contributed by atoms with van der Waals surface area (Å²) < 4.78 is 0. The van der Waals surface area contributed by atoms with Crippen molar-refractivity contribution in [1.29, 1.82) is 0 Å². The summed E-state index contributed by atoms with van der Waals surface area (Å²) in [6.07, 6.45) is 0. The maximum absolute atomic E-state index is 4.72. The predicted octanol–water partition coefficient (Wildman–Crippen LogP) is 6.57. The summed E-state index contributed by atoms with van der Waals surface area (Å²) in [4.78, 5) is 4.72. The van der Waals surface area contributed by atoms with Gasteiger partial charge in [-0.1, -0.05) is 75.2 Å². The molecular formula is C21H27N. The van der Waals surface area contributed by atoms with E-state index in [9.17, 15) is 0 Å². The monoisotopic (exact) mass is 293 g/mol. The normalized spacial score (nSPS) is 9.36. The molecule has 0 aliphatic rings. The first-order valence-corrected chi connectivity index (χ1v) is 8.17. The Labute approximate surface area is 135 Å². The van der Waals surface area contributed by atoms with Crippen molar-refractivity contribution in [3.05, 3.63) is 65.7 Å². The summed E-state index contributed by atoms with van der Waals surface area (Å²) in [5, 5.41) is 1.20. The third-order valence-electron chi connectivity index (χ3n) is 3.19. The molecule has 0 N–H and O–H groups in total. The molecular weight excluding hydrogens is 266 g/mol. The summed E-state index contributed by atoms with van der Waals surface area (Å²) in [5.74, 6) is 0. The third kappa shape index (κ3) is 4.42. The minimum absolute atomic E-state index is 1.03. The zero-order chi connectivity index (χ0) is 16.5. The van der Waals surface area contributed by atoms with Crippen LogP contribution in [0.15, 0.2) is 54.6 Å². The van der Waals surface area contributed by atoms with Crippen LogP contribution in [0.4, 0.5) is 0 Å². The lowest BCUT2D eigenvalue weighted by molar-refractivity contribution is 1.37. The molecule has 0 atom stereocenters.